The Kier molecular flexibility index (Phi) is 5.97. The Morgan fingerprint density at radius 3 is 2.10 bits per heavy atom. The topological polar surface area (TPSA) is 52.6 Å². The lowest BCUT2D eigenvalue weighted by Gasteiger charge is -2.15. The standard InChI is InChI=1S/C16H20O4/c1-16(2,3)15(18)20-12-8-7-11-19-14(17)13-9-5-4-6-10-13/h4-10H,11-12H2,1-3H3/b8-7-. The highest BCUT2D eigenvalue weighted by Crippen LogP contribution is 2.14. The third-order valence-corrected chi connectivity index (χ3v) is 2.41. The molecule has 4 nitrogen and oxygen atoms in total. The van der Waals surface area contributed by atoms with E-state index in [4.69, 9.17) is 9.47 Å². The van der Waals surface area contributed by atoms with Gasteiger partial charge < -0.3 is 9.47 Å². The van der Waals surface area contributed by atoms with Gasteiger partial charge in [0.25, 0.3) is 0 Å². The quantitative estimate of drug-likeness (QED) is 0.613. The van der Waals surface area contributed by atoms with Crippen LogP contribution in [0.1, 0.15) is 31.1 Å². The number of carbonyl (C=O) groups is 2. The summed E-state index contributed by atoms with van der Waals surface area (Å²) in [4.78, 5) is 23.0. The van der Waals surface area contributed by atoms with Crippen LogP contribution in [0.15, 0.2) is 42.5 Å². The Morgan fingerprint density at radius 2 is 1.55 bits per heavy atom. The molecule has 0 bridgehead atoms. The molecule has 20 heavy (non-hydrogen) atoms. The van der Waals surface area contributed by atoms with Crippen molar-refractivity contribution in [3.63, 3.8) is 0 Å². The monoisotopic (exact) mass is 276 g/mol. The van der Waals surface area contributed by atoms with Crippen LogP contribution >= 0.6 is 0 Å². The van der Waals surface area contributed by atoms with Crippen molar-refractivity contribution in [2.24, 2.45) is 5.41 Å². The number of carbonyl (C=O) groups excluding carboxylic acids is 2. The van der Waals surface area contributed by atoms with Crippen molar-refractivity contribution in [2.45, 2.75) is 20.8 Å². The molecule has 1 aromatic rings. The second-order valence-electron chi connectivity index (χ2n) is 5.28. The molecule has 0 radical (unpaired) electrons. The normalized spacial score (nSPS) is 11.3. The molecule has 0 amide bonds. The molecule has 0 N–H and O–H groups in total. The van der Waals surface area contributed by atoms with E-state index in [1.165, 1.54) is 0 Å². The van der Waals surface area contributed by atoms with Gasteiger partial charge in [-0.05, 0) is 45.1 Å². The molecule has 0 aromatic heterocycles. The Hall–Kier alpha value is -2.10. The summed E-state index contributed by atoms with van der Waals surface area (Å²) in [6.07, 6.45) is 3.30. The van der Waals surface area contributed by atoms with Gasteiger partial charge in [-0.1, -0.05) is 18.2 Å². The van der Waals surface area contributed by atoms with E-state index < -0.39 is 5.41 Å². The zero-order valence-corrected chi connectivity index (χ0v) is 12.1. The highest BCUT2D eigenvalue weighted by Gasteiger charge is 2.22. The molecule has 0 unspecified atom stereocenters. The van der Waals surface area contributed by atoms with Crippen molar-refractivity contribution in [3.05, 3.63) is 48.0 Å². The van der Waals surface area contributed by atoms with Gasteiger partial charge in [-0.25, -0.2) is 4.79 Å². The molecule has 1 rings (SSSR count). The zero-order chi connectivity index (χ0) is 15.0. The van der Waals surface area contributed by atoms with E-state index in [2.05, 4.69) is 0 Å². The van der Waals surface area contributed by atoms with Crippen LogP contribution < -0.4 is 0 Å². The maximum Gasteiger partial charge on any atom is 0.338 e. The molecule has 0 saturated carbocycles. The lowest BCUT2D eigenvalue weighted by Crippen LogP contribution is -2.22. The summed E-state index contributed by atoms with van der Waals surface area (Å²) in [5.41, 5.74) is 0.00761. The second-order valence-corrected chi connectivity index (χ2v) is 5.28. The van der Waals surface area contributed by atoms with Crippen LogP contribution in [0.2, 0.25) is 0 Å². The fraction of sp³-hybridized carbons (Fsp3) is 0.375. The van der Waals surface area contributed by atoms with Crippen LogP contribution in [-0.2, 0) is 14.3 Å². The van der Waals surface area contributed by atoms with E-state index >= 15 is 0 Å². The van der Waals surface area contributed by atoms with E-state index in [0.717, 1.165) is 0 Å². The van der Waals surface area contributed by atoms with Crippen molar-refractivity contribution in [3.8, 4) is 0 Å². The molecule has 0 fully saturated rings. The molecule has 0 aliphatic heterocycles. The summed E-state index contributed by atoms with van der Waals surface area (Å²) in [6.45, 7) is 5.71. The maximum atomic E-state index is 11.6. The van der Waals surface area contributed by atoms with Gasteiger partial charge in [0.2, 0.25) is 0 Å². The van der Waals surface area contributed by atoms with Crippen LogP contribution in [0, 0.1) is 5.41 Å². The van der Waals surface area contributed by atoms with Gasteiger partial charge in [-0.3, -0.25) is 4.79 Å². The molecule has 0 aliphatic rings. The largest absolute Gasteiger partial charge is 0.461 e. The molecule has 0 spiro atoms. The van der Waals surface area contributed by atoms with E-state index in [-0.39, 0.29) is 25.2 Å². The SMILES string of the molecule is CC(C)(C)C(=O)OC/C=C\COC(=O)c1ccccc1. The minimum Gasteiger partial charge on any atom is -0.461 e. The Labute approximate surface area is 119 Å². The summed E-state index contributed by atoms with van der Waals surface area (Å²) in [6, 6.07) is 8.77. The summed E-state index contributed by atoms with van der Waals surface area (Å²) in [7, 11) is 0. The van der Waals surface area contributed by atoms with E-state index in [1.807, 2.05) is 6.07 Å². The summed E-state index contributed by atoms with van der Waals surface area (Å²) >= 11 is 0. The Balaban J connectivity index is 2.23. The lowest BCUT2D eigenvalue weighted by molar-refractivity contribution is -0.151. The molecule has 0 heterocycles. The number of benzene rings is 1. The van der Waals surface area contributed by atoms with Gasteiger partial charge in [-0.2, -0.15) is 0 Å². The zero-order valence-electron chi connectivity index (χ0n) is 12.1. The molecular formula is C16H20O4. The third-order valence-electron chi connectivity index (χ3n) is 2.41. The first-order valence-corrected chi connectivity index (χ1v) is 6.45. The fourth-order valence-electron chi connectivity index (χ4n) is 1.26. The van der Waals surface area contributed by atoms with Gasteiger partial charge >= 0.3 is 11.9 Å². The number of hydrogen-bond acceptors (Lipinski definition) is 4. The highest BCUT2D eigenvalue weighted by atomic mass is 16.5. The first-order chi connectivity index (χ1) is 9.41. The number of esters is 2. The average Bonchev–Trinajstić information content (AvgIpc) is 2.42. The molecule has 0 aliphatic carbocycles. The van der Waals surface area contributed by atoms with Crippen molar-refractivity contribution in [1.29, 1.82) is 0 Å². The van der Waals surface area contributed by atoms with Gasteiger partial charge in [-0.15, -0.1) is 0 Å². The predicted molar refractivity (Wildman–Crippen MR) is 76.3 cm³/mol. The minimum atomic E-state index is -0.506. The molecule has 0 atom stereocenters. The Bertz CT molecular complexity index is 469. The first-order valence-electron chi connectivity index (χ1n) is 6.45. The van der Waals surface area contributed by atoms with Crippen LogP contribution in [0.3, 0.4) is 0 Å². The van der Waals surface area contributed by atoms with Gasteiger partial charge in [0, 0.05) is 0 Å². The summed E-state index contributed by atoms with van der Waals surface area (Å²) in [5, 5.41) is 0. The van der Waals surface area contributed by atoms with Crippen LogP contribution in [-0.4, -0.2) is 25.2 Å². The van der Waals surface area contributed by atoms with Crippen molar-refractivity contribution < 1.29 is 19.1 Å². The minimum absolute atomic E-state index is 0.154. The second kappa shape index (κ2) is 7.48. The van der Waals surface area contributed by atoms with Crippen molar-refractivity contribution >= 4 is 11.9 Å². The summed E-state index contributed by atoms with van der Waals surface area (Å²) in [5.74, 6) is -0.634. The van der Waals surface area contributed by atoms with E-state index in [9.17, 15) is 9.59 Å². The molecule has 0 saturated heterocycles. The average molecular weight is 276 g/mol. The first kappa shape index (κ1) is 16.0. The maximum absolute atomic E-state index is 11.6. The van der Waals surface area contributed by atoms with Gasteiger partial charge in [0.15, 0.2) is 0 Å². The number of hydrogen-bond donors (Lipinski definition) is 0. The number of ether oxygens (including phenoxy) is 2. The van der Waals surface area contributed by atoms with Crippen LogP contribution in [0.25, 0.3) is 0 Å². The predicted octanol–water partition coefficient (Wildman–Crippen LogP) is 2.99. The third kappa shape index (κ3) is 5.69. The fourth-order valence-corrected chi connectivity index (χ4v) is 1.26. The van der Waals surface area contributed by atoms with Crippen LogP contribution in [0.4, 0.5) is 0 Å². The lowest BCUT2D eigenvalue weighted by atomic mass is 9.97. The summed E-state index contributed by atoms with van der Waals surface area (Å²) < 4.78 is 10.1. The van der Waals surface area contributed by atoms with Crippen molar-refractivity contribution in [2.75, 3.05) is 13.2 Å². The number of rotatable bonds is 5. The molecule has 1 aromatic carbocycles. The van der Waals surface area contributed by atoms with Crippen LogP contribution in [0.5, 0.6) is 0 Å². The van der Waals surface area contributed by atoms with Gasteiger partial charge in [0.1, 0.15) is 13.2 Å². The molecular weight excluding hydrogens is 256 g/mol. The highest BCUT2D eigenvalue weighted by molar-refractivity contribution is 5.89. The van der Waals surface area contributed by atoms with E-state index in [1.54, 1.807) is 57.2 Å². The van der Waals surface area contributed by atoms with E-state index in [0.29, 0.717) is 5.56 Å². The molecule has 4 heteroatoms. The smallest absolute Gasteiger partial charge is 0.338 e. The van der Waals surface area contributed by atoms with Crippen molar-refractivity contribution in [1.82, 2.24) is 0 Å². The molecule has 108 valence electrons. The van der Waals surface area contributed by atoms with Gasteiger partial charge in [0.05, 0.1) is 11.0 Å². The Morgan fingerprint density at radius 1 is 1.00 bits per heavy atom.